The van der Waals surface area contributed by atoms with Gasteiger partial charge in [-0.2, -0.15) is 0 Å². The van der Waals surface area contributed by atoms with Crippen LogP contribution in [0.25, 0.3) is 0 Å². The molecule has 0 amide bonds. The molecule has 3 N–H and O–H groups in total. The van der Waals surface area contributed by atoms with Crippen molar-refractivity contribution in [3.8, 4) is 0 Å². The van der Waals surface area contributed by atoms with Crippen LogP contribution in [0.4, 0.5) is 17.1 Å². The van der Waals surface area contributed by atoms with Crippen LogP contribution in [0.3, 0.4) is 0 Å². The van der Waals surface area contributed by atoms with E-state index in [1.807, 2.05) is 0 Å². The van der Waals surface area contributed by atoms with Crippen LogP contribution in [0.1, 0.15) is 6.42 Å². The van der Waals surface area contributed by atoms with Gasteiger partial charge in [0.25, 0.3) is 5.69 Å². The van der Waals surface area contributed by atoms with Crippen LogP contribution in [0.5, 0.6) is 0 Å². The van der Waals surface area contributed by atoms with Gasteiger partial charge >= 0.3 is 5.97 Å². The van der Waals surface area contributed by atoms with Crippen molar-refractivity contribution >= 4 is 23.0 Å². The number of benzene rings is 1. The first-order valence-electron chi connectivity index (χ1n) is 9.18. The van der Waals surface area contributed by atoms with Gasteiger partial charge in [-0.05, 0) is 6.07 Å². The highest BCUT2D eigenvalue weighted by Crippen LogP contribution is 2.26. The second-order valence-electron chi connectivity index (χ2n) is 5.71. The van der Waals surface area contributed by atoms with E-state index < -0.39 is 10.9 Å². The molecule has 0 atom stereocenters. The lowest BCUT2D eigenvalue weighted by Crippen LogP contribution is -2.15. The molecule has 0 saturated carbocycles. The Bertz CT molecular complexity index is 660. The molecule has 0 bridgehead atoms. The molecule has 1 rings (SSSR count). The number of nitro groups is 1. The Balaban J connectivity index is 2.00. The Morgan fingerprint density at radius 2 is 1.53 bits per heavy atom. The third kappa shape index (κ3) is 11.9. The lowest BCUT2D eigenvalue weighted by Gasteiger charge is -2.11. The summed E-state index contributed by atoms with van der Waals surface area (Å²) in [6.07, 6.45) is -0.0273. The first-order chi connectivity index (χ1) is 14.5. The summed E-state index contributed by atoms with van der Waals surface area (Å²) in [5.41, 5.74) is 2.71. The molecule has 0 radical (unpaired) electrons. The van der Waals surface area contributed by atoms with E-state index >= 15 is 0 Å². The number of carbonyl (C=O) groups is 1. The van der Waals surface area contributed by atoms with E-state index in [1.54, 1.807) is 0 Å². The Labute approximate surface area is 172 Å². The molecule has 0 saturated heterocycles. The van der Waals surface area contributed by atoms with Crippen molar-refractivity contribution in [1.29, 1.82) is 0 Å². The molecule has 30 heavy (non-hydrogen) atoms. The van der Waals surface area contributed by atoms with Crippen molar-refractivity contribution in [3.63, 3.8) is 0 Å². The quantitative estimate of drug-likeness (QED) is 0.126. The van der Waals surface area contributed by atoms with Crippen LogP contribution in [0.2, 0.25) is 0 Å². The summed E-state index contributed by atoms with van der Waals surface area (Å²) in [5.74, 6) is -0.898. The number of anilines is 2. The summed E-state index contributed by atoms with van der Waals surface area (Å²) < 4.78 is 21.1. The fourth-order valence-corrected chi connectivity index (χ4v) is 2.12. The molecular weight excluding hydrogens is 404 g/mol. The highest BCUT2D eigenvalue weighted by Gasteiger charge is 2.10. The molecule has 1 aromatic rings. The molecule has 0 unspecified atom stereocenters. The smallest absolute Gasteiger partial charge is 0.305 e. The van der Waals surface area contributed by atoms with E-state index in [1.165, 1.54) is 18.2 Å². The van der Waals surface area contributed by atoms with Crippen LogP contribution in [-0.4, -0.2) is 75.4 Å². The highest BCUT2D eigenvalue weighted by atomic mass is 16.6. The van der Waals surface area contributed by atoms with Gasteiger partial charge < -0.3 is 29.4 Å². The number of hydrogen-bond acceptors (Lipinski definition) is 10. The molecule has 0 spiro atoms. The standard InChI is InChI=1S/C17H26N4O9/c22-17(23)3-5-27-7-9-29-11-12-30-10-8-28-6-4-18-15-2-1-14(21(25)26)13-16(15)19-20-24/h1-2,13,18H,3-12H2,(H,19,24)(H,22,23). The lowest BCUT2D eigenvalue weighted by atomic mass is 10.2. The normalized spacial score (nSPS) is 10.5. The summed E-state index contributed by atoms with van der Waals surface area (Å²) in [6, 6.07) is 4.01. The number of aliphatic carboxylic acids is 1. The SMILES string of the molecule is O=NNc1cc([N+](=O)[O-])ccc1NCCOCCOCCOCCOCCC(=O)O. The van der Waals surface area contributed by atoms with Crippen LogP contribution in [0, 0.1) is 15.0 Å². The number of nitrogens with one attached hydrogen (secondary N) is 2. The minimum Gasteiger partial charge on any atom is -0.481 e. The number of ether oxygens (including phenoxy) is 4. The number of nitrogens with zero attached hydrogens (tertiary/aromatic N) is 2. The zero-order valence-electron chi connectivity index (χ0n) is 16.4. The summed E-state index contributed by atoms with van der Waals surface area (Å²) in [5, 5.41) is 24.7. The molecular formula is C17H26N4O9. The first-order valence-corrected chi connectivity index (χ1v) is 9.18. The monoisotopic (exact) mass is 430 g/mol. The van der Waals surface area contributed by atoms with E-state index in [4.69, 9.17) is 24.1 Å². The maximum absolute atomic E-state index is 10.8. The molecule has 168 valence electrons. The Hall–Kier alpha value is -2.87. The molecule has 0 aliphatic rings. The molecule has 0 heterocycles. The average molecular weight is 430 g/mol. The maximum atomic E-state index is 10.8. The molecule has 0 aliphatic heterocycles. The molecule has 1 aromatic carbocycles. The van der Waals surface area contributed by atoms with Gasteiger partial charge in [-0.3, -0.25) is 14.9 Å². The second-order valence-corrected chi connectivity index (χ2v) is 5.71. The van der Waals surface area contributed by atoms with Crippen LogP contribution >= 0.6 is 0 Å². The van der Waals surface area contributed by atoms with Gasteiger partial charge in [0.1, 0.15) is 0 Å². The number of carboxylic acids is 1. The summed E-state index contributed by atoms with van der Waals surface area (Å²) >= 11 is 0. The van der Waals surface area contributed by atoms with Crippen LogP contribution in [0.15, 0.2) is 23.5 Å². The van der Waals surface area contributed by atoms with Gasteiger partial charge in [-0.15, -0.1) is 4.91 Å². The zero-order chi connectivity index (χ0) is 22.0. The number of non-ortho nitro benzene ring substituents is 1. The van der Waals surface area contributed by atoms with E-state index in [-0.39, 0.29) is 24.4 Å². The third-order valence-electron chi connectivity index (χ3n) is 3.52. The first kappa shape index (κ1) is 25.2. The van der Waals surface area contributed by atoms with Crippen molar-refractivity contribution in [2.45, 2.75) is 6.42 Å². The Morgan fingerprint density at radius 3 is 2.07 bits per heavy atom. The molecule has 13 nitrogen and oxygen atoms in total. The van der Waals surface area contributed by atoms with Crippen molar-refractivity contribution in [1.82, 2.24) is 0 Å². The zero-order valence-corrected chi connectivity index (χ0v) is 16.4. The lowest BCUT2D eigenvalue weighted by molar-refractivity contribution is -0.384. The fraction of sp³-hybridized carbons (Fsp3) is 0.588. The van der Waals surface area contributed by atoms with Crippen molar-refractivity contribution in [2.75, 3.05) is 70.1 Å². The predicted molar refractivity (Wildman–Crippen MR) is 107 cm³/mol. The molecule has 0 aliphatic carbocycles. The third-order valence-corrected chi connectivity index (χ3v) is 3.52. The summed E-state index contributed by atoms with van der Waals surface area (Å²) in [4.78, 5) is 30.9. The van der Waals surface area contributed by atoms with Gasteiger partial charge in [0.2, 0.25) is 0 Å². The average Bonchev–Trinajstić information content (AvgIpc) is 2.71. The topological polar surface area (TPSA) is 171 Å². The molecule has 0 fully saturated rings. The fourth-order valence-electron chi connectivity index (χ4n) is 2.12. The Morgan fingerprint density at radius 1 is 0.967 bits per heavy atom. The number of nitroso groups, excluding NO2 is 1. The van der Waals surface area contributed by atoms with Crippen molar-refractivity contribution < 1.29 is 33.8 Å². The number of carboxylic acid groups (broad SMARTS) is 1. The van der Waals surface area contributed by atoms with Crippen molar-refractivity contribution in [2.24, 2.45) is 5.29 Å². The van der Waals surface area contributed by atoms with Gasteiger partial charge in [-0.1, -0.05) is 0 Å². The largest absolute Gasteiger partial charge is 0.481 e. The predicted octanol–water partition coefficient (Wildman–Crippen LogP) is 1.64. The number of rotatable bonds is 19. The number of nitro benzene ring substituents is 1. The molecule has 13 heteroatoms. The van der Waals surface area contributed by atoms with E-state index in [9.17, 15) is 19.8 Å². The van der Waals surface area contributed by atoms with E-state index in [0.717, 1.165) is 0 Å². The summed E-state index contributed by atoms with van der Waals surface area (Å²) in [7, 11) is 0. The van der Waals surface area contributed by atoms with E-state index in [0.29, 0.717) is 58.5 Å². The van der Waals surface area contributed by atoms with Gasteiger partial charge in [0.05, 0.1) is 80.9 Å². The van der Waals surface area contributed by atoms with Crippen LogP contribution < -0.4 is 10.7 Å². The Kier molecular flexibility index (Phi) is 13.4. The van der Waals surface area contributed by atoms with Gasteiger partial charge in [0.15, 0.2) is 0 Å². The highest BCUT2D eigenvalue weighted by molar-refractivity contribution is 5.71. The van der Waals surface area contributed by atoms with Gasteiger partial charge in [-0.25, -0.2) is 5.43 Å². The molecule has 0 aromatic heterocycles. The van der Waals surface area contributed by atoms with E-state index in [2.05, 4.69) is 16.0 Å². The van der Waals surface area contributed by atoms with Crippen molar-refractivity contribution in [3.05, 3.63) is 33.2 Å². The van der Waals surface area contributed by atoms with Gasteiger partial charge in [0, 0.05) is 18.7 Å². The van der Waals surface area contributed by atoms with Crippen LogP contribution in [-0.2, 0) is 23.7 Å². The minimum absolute atomic E-state index is 0.0273. The maximum Gasteiger partial charge on any atom is 0.305 e. The minimum atomic E-state index is -0.898. The number of hydrogen-bond donors (Lipinski definition) is 3. The summed E-state index contributed by atoms with van der Waals surface area (Å²) in [6.45, 7) is 3.19. The second kappa shape index (κ2) is 16.0.